The fourth-order valence-corrected chi connectivity index (χ4v) is 2.44. The number of nitrogen functional groups attached to an aromatic ring is 1. The standard InChI is InChI=1S/C18H14N4O/c1-11-7-8-13-15(9-11)23-18(22-13)16-17(19)20-10-14(21-16)12-5-3-2-4-6-12/h2-10H,1H3,(H2,19,20). The highest BCUT2D eigenvalue weighted by Crippen LogP contribution is 2.28. The van der Waals surface area contributed by atoms with E-state index >= 15 is 0 Å². The molecule has 0 spiro atoms. The molecule has 2 N–H and O–H groups in total. The number of aromatic nitrogens is 3. The third-order valence-electron chi connectivity index (χ3n) is 3.62. The largest absolute Gasteiger partial charge is 0.435 e. The first-order chi connectivity index (χ1) is 11.2. The van der Waals surface area contributed by atoms with Crippen LogP contribution in [0.25, 0.3) is 33.9 Å². The monoisotopic (exact) mass is 302 g/mol. The zero-order valence-electron chi connectivity index (χ0n) is 12.5. The minimum Gasteiger partial charge on any atom is -0.435 e. The summed E-state index contributed by atoms with van der Waals surface area (Å²) in [5.74, 6) is 0.682. The number of anilines is 1. The minimum atomic E-state index is 0.299. The zero-order chi connectivity index (χ0) is 15.8. The highest BCUT2D eigenvalue weighted by Gasteiger charge is 2.15. The molecule has 112 valence electrons. The Kier molecular flexibility index (Phi) is 3.05. The van der Waals surface area contributed by atoms with Gasteiger partial charge < -0.3 is 10.2 Å². The molecular weight excluding hydrogens is 288 g/mol. The maximum absolute atomic E-state index is 5.98. The predicted octanol–water partition coefficient (Wildman–Crippen LogP) is 3.84. The third kappa shape index (κ3) is 2.42. The van der Waals surface area contributed by atoms with Crippen LogP contribution in [0, 0.1) is 6.92 Å². The van der Waals surface area contributed by atoms with Gasteiger partial charge in [0.2, 0.25) is 5.89 Å². The van der Waals surface area contributed by atoms with Crippen LogP contribution in [-0.2, 0) is 0 Å². The van der Waals surface area contributed by atoms with Crippen LogP contribution in [-0.4, -0.2) is 15.0 Å². The van der Waals surface area contributed by atoms with Crippen LogP contribution >= 0.6 is 0 Å². The van der Waals surface area contributed by atoms with Crippen molar-refractivity contribution in [1.82, 2.24) is 15.0 Å². The van der Waals surface area contributed by atoms with Crippen molar-refractivity contribution in [2.24, 2.45) is 0 Å². The van der Waals surface area contributed by atoms with Gasteiger partial charge in [0.25, 0.3) is 0 Å². The van der Waals surface area contributed by atoms with E-state index in [4.69, 9.17) is 10.2 Å². The summed E-state index contributed by atoms with van der Waals surface area (Å²) in [4.78, 5) is 13.3. The van der Waals surface area contributed by atoms with E-state index in [-0.39, 0.29) is 0 Å². The first-order valence-electron chi connectivity index (χ1n) is 7.26. The van der Waals surface area contributed by atoms with Crippen LogP contribution < -0.4 is 5.73 Å². The number of aryl methyl sites for hydroxylation is 1. The second kappa shape index (κ2) is 5.21. The SMILES string of the molecule is Cc1ccc2nc(-c3nc(-c4ccccc4)cnc3N)oc2c1. The lowest BCUT2D eigenvalue weighted by molar-refractivity contribution is 0.616. The van der Waals surface area contributed by atoms with Gasteiger partial charge in [-0.05, 0) is 24.6 Å². The Hall–Kier alpha value is -3.21. The number of nitrogens with zero attached hydrogens (tertiary/aromatic N) is 3. The number of rotatable bonds is 2. The molecule has 5 nitrogen and oxygen atoms in total. The zero-order valence-corrected chi connectivity index (χ0v) is 12.5. The number of benzene rings is 2. The van der Waals surface area contributed by atoms with E-state index < -0.39 is 0 Å². The first kappa shape index (κ1) is 13.5. The number of fused-ring (bicyclic) bond motifs is 1. The highest BCUT2D eigenvalue weighted by atomic mass is 16.3. The molecule has 0 saturated carbocycles. The van der Waals surface area contributed by atoms with E-state index in [9.17, 15) is 0 Å². The van der Waals surface area contributed by atoms with Gasteiger partial charge in [-0.15, -0.1) is 0 Å². The number of nitrogens with two attached hydrogens (primary N) is 1. The van der Waals surface area contributed by atoms with Gasteiger partial charge in [0, 0.05) is 5.56 Å². The van der Waals surface area contributed by atoms with Gasteiger partial charge in [0.15, 0.2) is 17.1 Å². The average molecular weight is 302 g/mol. The summed E-state index contributed by atoms with van der Waals surface area (Å²) in [6.07, 6.45) is 1.65. The van der Waals surface area contributed by atoms with Crippen LogP contribution in [0.5, 0.6) is 0 Å². The van der Waals surface area contributed by atoms with Gasteiger partial charge in [-0.3, -0.25) is 0 Å². The molecule has 23 heavy (non-hydrogen) atoms. The molecule has 2 heterocycles. The van der Waals surface area contributed by atoms with Crippen LogP contribution in [0.4, 0.5) is 5.82 Å². The molecule has 4 aromatic rings. The molecule has 0 atom stereocenters. The predicted molar refractivity (Wildman–Crippen MR) is 89.6 cm³/mol. The Morgan fingerprint density at radius 3 is 2.65 bits per heavy atom. The second-order valence-electron chi connectivity index (χ2n) is 5.35. The summed E-state index contributed by atoms with van der Waals surface area (Å²) in [5, 5.41) is 0. The molecule has 0 amide bonds. The third-order valence-corrected chi connectivity index (χ3v) is 3.62. The van der Waals surface area contributed by atoms with Gasteiger partial charge in [0.05, 0.1) is 11.9 Å². The second-order valence-corrected chi connectivity index (χ2v) is 5.35. The Balaban J connectivity index is 1.86. The molecule has 2 aromatic carbocycles. The molecular formula is C18H14N4O. The highest BCUT2D eigenvalue weighted by molar-refractivity contribution is 5.78. The van der Waals surface area contributed by atoms with E-state index in [0.717, 1.165) is 22.3 Å². The quantitative estimate of drug-likeness (QED) is 0.608. The van der Waals surface area contributed by atoms with Gasteiger partial charge in [-0.2, -0.15) is 0 Å². The van der Waals surface area contributed by atoms with Crippen molar-refractivity contribution in [3.8, 4) is 22.8 Å². The fourth-order valence-electron chi connectivity index (χ4n) is 2.44. The Morgan fingerprint density at radius 2 is 1.83 bits per heavy atom. The fraction of sp³-hybridized carbons (Fsp3) is 0.0556. The normalized spacial score (nSPS) is 11.0. The topological polar surface area (TPSA) is 77.8 Å². The van der Waals surface area contributed by atoms with Crippen LogP contribution in [0.2, 0.25) is 0 Å². The van der Waals surface area contributed by atoms with Crippen LogP contribution in [0.3, 0.4) is 0 Å². The lowest BCUT2D eigenvalue weighted by Gasteiger charge is -2.04. The number of hydrogen-bond donors (Lipinski definition) is 1. The lowest BCUT2D eigenvalue weighted by Crippen LogP contribution is -1.98. The van der Waals surface area contributed by atoms with Crippen molar-refractivity contribution in [3.05, 3.63) is 60.3 Å². The summed E-state index contributed by atoms with van der Waals surface area (Å²) in [6.45, 7) is 2.01. The van der Waals surface area contributed by atoms with E-state index in [2.05, 4.69) is 15.0 Å². The van der Waals surface area contributed by atoms with Crippen molar-refractivity contribution in [3.63, 3.8) is 0 Å². The summed E-state index contributed by atoms with van der Waals surface area (Å²) in [5.41, 5.74) is 10.7. The van der Waals surface area contributed by atoms with Gasteiger partial charge in [-0.25, -0.2) is 15.0 Å². The van der Waals surface area contributed by atoms with Gasteiger partial charge in [0.1, 0.15) is 5.52 Å². The van der Waals surface area contributed by atoms with Crippen molar-refractivity contribution >= 4 is 16.9 Å². The van der Waals surface area contributed by atoms with Crippen molar-refractivity contribution in [1.29, 1.82) is 0 Å². The van der Waals surface area contributed by atoms with Crippen molar-refractivity contribution in [2.45, 2.75) is 6.92 Å². The maximum Gasteiger partial charge on any atom is 0.250 e. The van der Waals surface area contributed by atoms with Crippen molar-refractivity contribution in [2.75, 3.05) is 5.73 Å². The van der Waals surface area contributed by atoms with Gasteiger partial charge in [-0.1, -0.05) is 36.4 Å². The smallest absolute Gasteiger partial charge is 0.250 e. The Bertz CT molecular complexity index is 993. The van der Waals surface area contributed by atoms with E-state index in [1.165, 1.54) is 0 Å². The van der Waals surface area contributed by atoms with Crippen molar-refractivity contribution < 1.29 is 4.42 Å². The minimum absolute atomic E-state index is 0.299. The lowest BCUT2D eigenvalue weighted by atomic mass is 10.1. The molecule has 4 rings (SSSR count). The van der Waals surface area contributed by atoms with E-state index in [1.807, 2.05) is 55.5 Å². The molecule has 0 fully saturated rings. The Morgan fingerprint density at radius 1 is 1.00 bits per heavy atom. The van der Waals surface area contributed by atoms with Crippen LogP contribution in [0.15, 0.2) is 59.1 Å². The molecule has 2 aromatic heterocycles. The molecule has 0 saturated heterocycles. The molecule has 0 unspecified atom stereocenters. The number of oxazole rings is 1. The molecule has 0 aliphatic heterocycles. The summed E-state index contributed by atoms with van der Waals surface area (Å²) >= 11 is 0. The van der Waals surface area contributed by atoms with E-state index in [1.54, 1.807) is 6.20 Å². The number of hydrogen-bond acceptors (Lipinski definition) is 5. The van der Waals surface area contributed by atoms with Crippen LogP contribution in [0.1, 0.15) is 5.56 Å². The Labute approximate surface area is 132 Å². The summed E-state index contributed by atoms with van der Waals surface area (Å²) in [6, 6.07) is 15.7. The maximum atomic E-state index is 5.98. The molecule has 0 aliphatic carbocycles. The summed E-state index contributed by atoms with van der Waals surface area (Å²) in [7, 11) is 0. The average Bonchev–Trinajstić information content (AvgIpc) is 2.99. The molecule has 0 aliphatic rings. The van der Waals surface area contributed by atoms with Gasteiger partial charge >= 0.3 is 0 Å². The van der Waals surface area contributed by atoms with E-state index in [0.29, 0.717) is 23.0 Å². The molecule has 0 bridgehead atoms. The molecule has 5 heteroatoms. The first-order valence-corrected chi connectivity index (χ1v) is 7.26. The summed E-state index contributed by atoms with van der Waals surface area (Å²) < 4.78 is 5.81. The molecule has 0 radical (unpaired) electrons.